The van der Waals surface area contributed by atoms with Gasteiger partial charge in [0.2, 0.25) is 11.8 Å². The normalized spacial score (nSPS) is 14.2. The third kappa shape index (κ3) is 11.8. The lowest BCUT2D eigenvalue weighted by atomic mass is 9.94. The highest BCUT2D eigenvalue weighted by Gasteiger charge is 2.39. The fourth-order valence-corrected chi connectivity index (χ4v) is 4.52. The molecule has 0 saturated carbocycles. The topological polar surface area (TPSA) is 108 Å². The summed E-state index contributed by atoms with van der Waals surface area (Å²) in [6.07, 6.45) is 6.00. The van der Waals surface area contributed by atoms with E-state index < -0.39 is 29.3 Å². The Morgan fingerprint density at radius 3 is 2.12 bits per heavy atom. The lowest BCUT2D eigenvalue weighted by molar-refractivity contribution is -0.144. The van der Waals surface area contributed by atoms with Gasteiger partial charge in [0.25, 0.3) is 0 Å². The molecule has 0 aliphatic carbocycles. The van der Waals surface area contributed by atoms with Crippen molar-refractivity contribution >= 4 is 17.9 Å². The number of aromatic hydroxyl groups is 1. The largest absolute Gasteiger partial charge is 0.507 e. The van der Waals surface area contributed by atoms with Gasteiger partial charge in [-0.05, 0) is 66.4 Å². The molecule has 3 unspecified atom stereocenters. The molecule has 0 radical (unpaired) electrons. The predicted molar refractivity (Wildman–Crippen MR) is 161 cm³/mol. The van der Waals surface area contributed by atoms with Crippen molar-refractivity contribution in [1.29, 1.82) is 0 Å². The van der Waals surface area contributed by atoms with E-state index in [9.17, 15) is 19.5 Å². The molecule has 0 saturated heterocycles. The Bertz CT molecular complexity index is 964. The molecule has 0 aromatic heterocycles. The Morgan fingerprint density at radius 2 is 1.57 bits per heavy atom. The fourth-order valence-electron chi connectivity index (χ4n) is 4.52. The van der Waals surface area contributed by atoms with E-state index in [1.807, 2.05) is 34.6 Å². The van der Waals surface area contributed by atoms with Crippen LogP contribution in [-0.2, 0) is 14.3 Å². The molecule has 1 rings (SSSR count). The molecule has 0 fully saturated rings. The Kier molecular flexibility index (Phi) is 14.0. The number of nitrogens with zero attached hydrogens (tertiary/aromatic N) is 1. The van der Waals surface area contributed by atoms with Crippen LogP contribution in [0.5, 0.6) is 5.75 Å². The van der Waals surface area contributed by atoms with Crippen LogP contribution in [0.3, 0.4) is 0 Å². The highest BCUT2D eigenvalue weighted by atomic mass is 16.6. The predicted octanol–water partition coefficient (Wildman–Crippen LogP) is 6.78. The first-order valence-electron chi connectivity index (χ1n) is 14.9. The molecule has 40 heavy (non-hydrogen) atoms. The number of amides is 3. The first-order valence-corrected chi connectivity index (χ1v) is 14.9. The number of unbranched alkanes of at least 4 members (excludes halogenated alkanes) is 5. The van der Waals surface area contributed by atoms with Crippen molar-refractivity contribution in [2.75, 3.05) is 6.54 Å². The zero-order valence-corrected chi connectivity index (χ0v) is 26.6. The van der Waals surface area contributed by atoms with Gasteiger partial charge < -0.3 is 25.4 Å². The summed E-state index contributed by atoms with van der Waals surface area (Å²) in [7, 11) is 0. The Balaban J connectivity index is 3.59. The van der Waals surface area contributed by atoms with Crippen LogP contribution in [0.2, 0.25) is 0 Å². The number of ether oxygens (including phenoxy) is 1. The van der Waals surface area contributed by atoms with Crippen molar-refractivity contribution in [3.8, 4) is 5.75 Å². The summed E-state index contributed by atoms with van der Waals surface area (Å²) in [6, 6.07) is 3.26. The van der Waals surface area contributed by atoms with Gasteiger partial charge in [-0.15, -0.1) is 0 Å². The van der Waals surface area contributed by atoms with Crippen LogP contribution in [0, 0.1) is 12.8 Å². The zero-order chi connectivity index (χ0) is 30.7. The van der Waals surface area contributed by atoms with Crippen molar-refractivity contribution in [1.82, 2.24) is 15.5 Å². The number of hydrogen-bond acceptors (Lipinski definition) is 5. The molecule has 1 aromatic carbocycles. The molecule has 3 atom stereocenters. The fraction of sp³-hybridized carbons (Fsp3) is 0.719. The third-order valence-corrected chi connectivity index (χ3v) is 6.81. The molecule has 8 nitrogen and oxygen atoms in total. The quantitative estimate of drug-likeness (QED) is 0.217. The lowest BCUT2D eigenvalue weighted by Crippen LogP contribution is -2.56. The maximum atomic E-state index is 14.4. The third-order valence-electron chi connectivity index (χ3n) is 6.81. The molecule has 0 aliphatic rings. The van der Waals surface area contributed by atoms with Crippen LogP contribution >= 0.6 is 0 Å². The van der Waals surface area contributed by atoms with Gasteiger partial charge in [-0.3, -0.25) is 9.59 Å². The molecule has 1 aromatic rings. The number of rotatable bonds is 14. The van der Waals surface area contributed by atoms with E-state index in [4.69, 9.17) is 4.74 Å². The number of carbonyl (C=O) groups excluding carboxylic acids is 3. The Morgan fingerprint density at radius 1 is 0.975 bits per heavy atom. The lowest BCUT2D eigenvalue weighted by Gasteiger charge is -2.37. The average Bonchev–Trinajstić information content (AvgIpc) is 2.83. The smallest absolute Gasteiger partial charge is 0.408 e. The molecule has 0 heterocycles. The van der Waals surface area contributed by atoms with E-state index in [1.165, 1.54) is 0 Å². The van der Waals surface area contributed by atoms with Crippen molar-refractivity contribution < 1.29 is 24.2 Å². The van der Waals surface area contributed by atoms with Gasteiger partial charge in [0.05, 0.1) is 0 Å². The van der Waals surface area contributed by atoms with Crippen molar-refractivity contribution in [3.63, 3.8) is 0 Å². The number of benzene rings is 1. The van der Waals surface area contributed by atoms with Crippen LogP contribution in [0.1, 0.15) is 124 Å². The molecule has 8 heteroatoms. The molecule has 0 spiro atoms. The van der Waals surface area contributed by atoms with Crippen LogP contribution < -0.4 is 10.6 Å². The number of phenolic OH excluding ortho intramolecular Hbond substituents is 1. The summed E-state index contributed by atoms with van der Waals surface area (Å²) in [5, 5.41) is 16.9. The van der Waals surface area contributed by atoms with Crippen molar-refractivity contribution in [2.45, 2.75) is 137 Å². The monoisotopic (exact) mass is 561 g/mol. The van der Waals surface area contributed by atoms with E-state index in [-0.39, 0.29) is 23.5 Å². The highest BCUT2D eigenvalue weighted by Crippen LogP contribution is 2.33. The molecule has 228 valence electrons. The number of nitrogens with one attached hydrogen (secondary N) is 2. The summed E-state index contributed by atoms with van der Waals surface area (Å²) in [5.74, 6) is -0.987. The van der Waals surface area contributed by atoms with Crippen molar-refractivity contribution in [3.05, 3.63) is 29.3 Å². The van der Waals surface area contributed by atoms with Crippen LogP contribution in [-0.4, -0.2) is 51.6 Å². The second-order valence-corrected chi connectivity index (χ2v) is 13.0. The number of hydrogen-bond donors (Lipinski definition) is 3. The van der Waals surface area contributed by atoms with Crippen LogP contribution in [0.25, 0.3) is 0 Å². The minimum Gasteiger partial charge on any atom is -0.507 e. The van der Waals surface area contributed by atoms with Gasteiger partial charge >= 0.3 is 6.09 Å². The van der Waals surface area contributed by atoms with Crippen LogP contribution in [0.4, 0.5) is 4.79 Å². The Hall–Kier alpha value is -2.77. The summed E-state index contributed by atoms with van der Waals surface area (Å²) in [4.78, 5) is 42.6. The average molecular weight is 562 g/mol. The Labute approximate surface area is 242 Å². The minimum atomic E-state index is -1.07. The SMILES string of the molecule is CCCCCCCCN(C(=O)C(NC(=O)OC(C)(C)C)C(C)CC)C(C(=O)NC(C)(C)C)c1cccc(C)c1O. The van der Waals surface area contributed by atoms with E-state index >= 15 is 0 Å². The minimum absolute atomic E-state index is 0.0162. The number of aryl methyl sites for hydroxylation is 1. The van der Waals surface area contributed by atoms with Gasteiger partial charge in [0.15, 0.2) is 0 Å². The molecule has 3 N–H and O–H groups in total. The molecular formula is C32H55N3O5. The number of para-hydroxylation sites is 1. The summed E-state index contributed by atoms with van der Waals surface area (Å²) >= 11 is 0. The first-order chi connectivity index (χ1) is 18.5. The van der Waals surface area contributed by atoms with Gasteiger partial charge in [-0.25, -0.2) is 4.79 Å². The van der Waals surface area contributed by atoms with E-state index in [2.05, 4.69) is 17.6 Å². The van der Waals surface area contributed by atoms with E-state index in [1.54, 1.807) is 50.8 Å². The summed E-state index contributed by atoms with van der Waals surface area (Å²) in [6.45, 7) is 19.0. The molecule has 0 aliphatic heterocycles. The second kappa shape index (κ2) is 15.9. The van der Waals surface area contributed by atoms with Gasteiger partial charge in [0, 0.05) is 17.6 Å². The number of phenols is 1. The second-order valence-electron chi connectivity index (χ2n) is 13.0. The first kappa shape index (κ1) is 35.3. The van der Waals surface area contributed by atoms with Gasteiger partial charge in [-0.1, -0.05) is 77.5 Å². The van der Waals surface area contributed by atoms with Gasteiger partial charge in [0.1, 0.15) is 23.4 Å². The number of carbonyl (C=O) groups is 3. The standard InChI is InChI=1S/C32H55N3O5/c1-11-13-14-15-16-17-21-35(29(38)25(22(3)12-2)33-30(39)40-32(8,9)10)26(28(37)34-31(5,6)7)24-20-18-19-23(4)27(24)36/h18-20,22,25-26,36H,11-17,21H2,1-10H3,(H,33,39)(H,34,37). The van der Waals surface area contributed by atoms with E-state index in [0.717, 1.165) is 32.1 Å². The van der Waals surface area contributed by atoms with Crippen molar-refractivity contribution in [2.24, 2.45) is 5.92 Å². The summed E-state index contributed by atoms with van der Waals surface area (Å²) in [5.41, 5.74) is -0.313. The summed E-state index contributed by atoms with van der Waals surface area (Å²) < 4.78 is 5.48. The maximum absolute atomic E-state index is 14.4. The highest BCUT2D eigenvalue weighted by molar-refractivity contribution is 5.93. The molecule has 0 bridgehead atoms. The molecule has 3 amide bonds. The molecular weight excluding hydrogens is 506 g/mol. The van der Waals surface area contributed by atoms with E-state index in [0.29, 0.717) is 30.5 Å². The van der Waals surface area contributed by atoms with Crippen LogP contribution in [0.15, 0.2) is 18.2 Å². The number of alkyl carbamates (subject to hydrolysis) is 1. The zero-order valence-electron chi connectivity index (χ0n) is 26.6. The maximum Gasteiger partial charge on any atom is 0.408 e. The van der Waals surface area contributed by atoms with Gasteiger partial charge in [-0.2, -0.15) is 0 Å².